The van der Waals surface area contributed by atoms with Crippen molar-refractivity contribution in [2.45, 2.75) is 19.4 Å². The number of β-amino-alcohol motifs (C(OH)–C–C–N with tert-alkyl or cyclic N) is 1. The van der Waals surface area contributed by atoms with E-state index >= 15 is 0 Å². The van der Waals surface area contributed by atoms with E-state index in [1.54, 1.807) is 18.3 Å². The lowest BCUT2D eigenvalue weighted by atomic mass is 10.2. The van der Waals surface area contributed by atoms with Crippen molar-refractivity contribution in [3.63, 3.8) is 0 Å². The van der Waals surface area contributed by atoms with E-state index in [0.717, 1.165) is 19.5 Å². The number of aromatic nitrogens is 1. The number of piperazine rings is 1. The lowest BCUT2D eigenvalue weighted by Gasteiger charge is -2.35. The number of carbonyl (C=O) groups is 1. The van der Waals surface area contributed by atoms with Gasteiger partial charge in [-0.25, -0.2) is 4.98 Å². The molecule has 6 nitrogen and oxygen atoms in total. The van der Waals surface area contributed by atoms with Crippen molar-refractivity contribution in [2.75, 3.05) is 39.8 Å². The zero-order valence-corrected chi connectivity index (χ0v) is 12.7. The van der Waals surface area contributed by atoms with Crippen molar-refractivity contribution < 1.29 is 14.6 Å². The van der Waals surface area contributed by atoms with E-state index in [1.807, 2.05) is 11.8 Å². The number of amides is 1. The maximum Gasteiger partial charge on any atom is 0.259 e. The number of carbonyl (C=O) groups excluding carboxylic acids is 1. The second-order valence-electron chi connectivity index (χ2n) is 5.22. The Morgan fingerprint density at radius 2 is 2.14 bits per heavy atom. The topological polar surface area (TPSA) is 65.9 Å². The molecule has 1 amide bonds. The highest BCUT2D eigenvalue weighted by Gasteiger charge is 2.25. The van der Waals surface area contributed by atoms with Crippen LogP contribution in [-0.4, -0.2) is 71.7 Å². The average molecular weight is 293 g/mol. The Morgan fingerprint density at radius 1 is 1.43 bits per heavy atom. The molecule has 1 aliphatic heterocycles. The van der Waals surface area contributed by atoms with Crippen molar-refractivity contribution in [1.29, 1.82) is 0 Å². The fraction of sp³-hybridized carbons (Fsp3) is 0.600. The Balaban J connectivity index is 1.94. The number of hydrogen-bond donors (Lipinski definition) is 1. The van der Waals surface area contributed by atoms with Gasteiger partial charge in [-0.15, -0.1) is 0 Å². The number of nitrogens with zero attached hydrogens (tertiary/aromatic N) is 3. The third kappa shape index (κ3) is 3.92. The van der Waals surface area contributed by atoms with Crippen molar-refractivity contribution in [1.82, 2.24) is 14.8 Å². The maximum atomic E-state index is 12.5. The Bertz CT molecular complexity index is 473. The average Bonchev–Trinajstić information content (AvgIpc) is 2.54. The van der Waals surface area contributed by atoms with Gasteiger partial charge in [-0.2, -0.15) is 0 Å². The van der Waals surface area contributed by atoms with Crippen LogP contribution in [-0.2, 0) is 0 Å². The molecule has 1 aromatic heterocycles. The van der Waals surface area contributed by atoms with Gasteiger partial charge < -0.3 is 14.7 Å². The Kier molecular flexibility index (Phi) is 5.52. The molecular formula is C15H23N3O3. The van der Waals surface area contributed by atoms with Crippen LogP contribution in [0.25, 0.3) is 0 Å². The highest BCUT2D eigenvalue weighted by Crippen LogP contribution is 2.17. The van der Waals surface area contributed by atoms with Crippen LogP contribution in [0.2, 0.25) is 0 Å². The highest BCUT2D eigenvalue weighted by atomic mass is 16.5. The number of ether oxygens (including phenoxy) is 1. The molecular weight excluding hydrogens is 270 g/mol. The van der Waals surface area contributed by atoms with Crippen molar-refractivity contribution in [3.8, 4) is 5.88 Å². The van der Waals surface area contributed by atoms with Crippen molar-refractivity contribution >= 4 is 5.91 Å². The molecule has 1 atom stereocenters. The van der Waals surface area contributed by atoms with Crippen LogP contribution in [0.15, 0.2) is 18.3 Å². The smallest absolute Gasteiger partial charge is 0.259 e. The predicted octanol–water partition coefficient (Wildman–Crippen LogP) is 0.619. The molecule has 2 rings (SSSR count). The molecule has 0 bridgehead atoms. The molecule has 1 saturated heterocycles. The van der Waals surface area contributed by atoms with Crippen molar-refractivity contribution in [2.24, 2.45) is 0 Å². The summed E-state index contributed by atoms with van der Waals surface area (Å²) in [6, 6.07) is 3.48. The molecule has 1 aromatic rings. The van der Waals surface area contributed by atoms with E-state index in [1.165, 1.54) is 7.11 Å². The van der Waals surface area contributed by atoms with Gasteiger partial charge in [-0.05, 0) is 18.6 Å². The van der Waals surface area contributed by atoms with Gasteiger partial charge in [0, 0.05) is 38.9 Å². The number of aliphatic hydroxyl groups excluding tert-OH is 1. The summed E-state index contributed by atoms with van der Waals surface area (Å²) in [4.78, 5) is 20.6. The first-order valence-electron chi connectivity index (χ1n) is 7.34. The molecule has 0 unspecified atom stereocenters. The van der Waals surface area contributed by atoms with Gasteiger partial charge in [0.05, 0.1) is 13.2 Å². The van der Waals surface area contributed by atoms with Crippen LogP contribution < -0.4 is 4.74 Å². The van der Waals surface area contributed by atoms with Gasteiger partial charge in [0.25, 0.3) is 5.91 Å². The van der Waals surface area contributed by atoms with E-state index in [0.29, 0.717) is 31.1 Å². The first-order valence-corrected chi connectivity index (χ1v) is 7.34. The number of pyridine rings is 1. The van der Waals surface area contributed by atoms with Gasteiger partial charge >= 0.3 is 0 Å². The predicted molar refractivity (Wildman–Crippen MR) is 79.4 cm³/mol. The third-order valence-corrected chi connectivity index (χ3v) is 3.79. The van der Waals surface area contributed by atoms with Crippen LogP contribution in [0.1, 0.15) is 23.7 Å². The number of hydrogen-bond acceptors (Lipinski definition) is 5. The summed E-state index contributed by atoms with van der Waals surface area (Å²) >= 11 is 0. The monoisotopic (exact) mass is 293 g/mol. The Morgan fingerprint density at radius 3 is 2.76 bits per heavy atom. The molecule has 1 N–H and O–H groups in total. The van der Waals surface area contributed by atoms with Crippen molar-refractivity contribution in [3.05, 3.63) is 23.9 Å². The zero-order chi connectivity index (χ0) is 15.2. The lowest BCUT2D eigenvalue weighted by Crippen LogP contribution is -2.50. The quantitative estimate of drug-likeness (QED) is 0.862. The number of aliphatic hydroxyl groups is 1. The molecule has 1 aliphatic rings. The van der Waals surface area contributed by atoms with Crippen LogP contribution in [0, 0.1) is 0 Å². The molecule has 116 valence electrons. The molecule has 6 heteroatoms. The Hall–Kier alpha value is -1.66. The second kappa shape index (κ2) is 7.38. The molecule has 21 heavy (non-hydrogen) atoms. The third-order valence-electron chi connectivity index (χ3n) is 3.79. The summed E-state index contributed by atoms with van der Waals surface area (Å²) in [5.74, 6) is 0.321. The summed E-state index contributed by atoms with van der Waals surface area (Å²) in [5, 5.41) is 9.68. The van der Waals surface area contributed by atoms with E-state index in [4.69, 9.17) is 4.74 Å². The van der Waals surface area contributed by atoms with Gasteiger partial charge in [-0.3, -0.25) is 9.69 Å². The SMILES string of the molecule is CC[C@H](O)CN1CCN(C(=O)c2cccnc2OC)CC1. The second-order valence-corrected chi connectivity index (χ2v) is 5.22. The molecule has 0 radical (unpaired) electrons. The van der Waals surface area contributed by atoms with Gasteiger partial charge in [0.1, 0.15) is 5.56 Å². The Labute approximate surface area is 125 Å². The van der Waals surface area contributed by atoms with E-state index < -0.39 is 0 Å². The van der Waals surface area contributed by atoms with Gasteiger partial charge in [0.15, 0.2) is 0 Å². The fourth-order valence-corrected chi connectivity index (χ4v) is 2.45. The van der Waals surface area contributed by atoms with Gasteiger partial charge in [-0.1, -0.05) is 6.92 Å². The summed E-state index contributed by atoms with van der Waals surface area (Å²) in [6.07, 6.45) is 2.08. The van der Waals surface area contributed by atoms with E-state index in [-0.39, 0.29) is 12.0 Å². The first-order chi connectivity index (χ1) is 10.2. The standard InChI is InChI=1S/C15H23N3O3/c1-3-12(19)11-17-7-9-18(10-8-17)15(20)13-5-4-6-16-14(13)21-2/h4-6,12,19H,3,7-11H2,1-2H3/t12-/m0/s1. The van der Waals surface area contributed by atoms with Gasteiger partial charge in [0.2, 0.25) is 5.88 Å². The summed E-state index contributed by atoms with van der Waals surface area (Å²) in [6.45, 7) is 5.53. The molecule has 0 aromatic carbocycles. The van der Waals surface area contributed by atoms with Crippen LogP contribution in [0.3, 0.4) is 0 Å². The van der Waals surface area contributed by atoms with Crippen LogP contribution in [0.5, 0.6) is 5.88 Å². The summed E-state index contributed by atoms with van der Waals surface area (Å²) in [7, 11) is 1.52. The minimum Gasteiger partial charge on any atom is -0.480 e. The largest absolute Gasteiger partial charge is 0.480 e. The van der Waals surface area contributed by atoms with E-state index in [9.17, 15) is 9.90 Å². The van der Waals surface area contributed by atoms with E-state index in [2.05, 4.69) is 9.88 Å². The number of rotatable bonds is 5. The molecule has 1 fully saturated rings. The molecule has 0 saturated carbocycles. The van der Waals surface area contributed by atoms with Crippen LogP contribution in [0.4, 0.5) is 0 Å². The lowest BCUT2D eigenvalue weighted by molar-refractivity contribution is 0.0521. The number of methoxy groups -OCH3 is 1. The highest BCUT2D eigenvalue weighted by molar-refractivity contribution is 5.96. The molecule has 0 aliphatic carbocycles. The summed E-state index contributed by atoms with van der Waals surface area (Å²) < 4.78 is 5.14. The van der Waals surface area contributed by atoms with Crippen LogP contribution >= 0.6 is 0 Å². The minimum absolute atomic E-state index is 0.0457. The molecule has 2 heterocycles. The zero-order valence-electron chi connectivity index (χ0n) is 12.7. The minimum atomic E-state index is -0.286. The molecule has 0 spiro atoms. The fourth-order valence-electron chi connectivity index (χ4n) is 2.45. The first kappa shape index (κ1) is 15.7. The maximum absolute atomic E-state index is 12.5. The summed E-state index contributed by atoms with van der Waals surface area (Å²) in [5.41, 5.74) is 0.502. The normalized spacial score (nSPS) is 17.6.